The van der Waals surface area contributed by atoms with E-state index in [9.17, 15) is 13.2 Å². The van der Waals surface area contributed by atoms with Crippen LogP contribution in [-0.4, -0.2) is 67.4 Å². The van der Waals surface area contributed by atoms with Crippen molar-refractivity contribution in [1.29, 1.82) is 0 Å². The molecule has 1 atom stereocenters. The molecular formula is C22H29N3O5S. The van der Waals surface area contributed by atoms with Gasteiger partial charge in [0.05, 0.1) is 23.8 Å². The van der Waals surface area contributed by atoms with Gasteiger partial charge in [-0.15, -0.1) is 0 Å². The average Bonchev–Trinajstić information content (AvgIpc) is 2.76. The zero-order chi connectivity index (χ0) is 22.4. The monoisotopic (exact) mass is 447 g/mol. The fourth-order valence-electron chi connectivity index (χ4n) is 3.24. The van der Waals surface area contributed by atoms with Gasteiger partial charge in [-0.2, -0.15) is 4.98 Å². The summed E-state index contributed by atoms with van der Waals surface area (Å²) in [5.41, 5.74) is 0.828. The SMILES string of the molecule is Cc1cc(OCC2CN(C(=O)CCS(=O)(=O)c3ccccc3)CCO2)nc(C(C)C)n1. The first kappa shape index (κ1) is 23.1. The third kappa shape index (κ3) is 6.48. The van der Waals surface area contributed by atoms with Crippen LogP contribution in [0.5, 0.6) is 5.88 Å². The van der Waals surface area contributed by atoms with Crippen LogP contribution in [0.1, 0.15) is 37.7 Å². The number of amides is 1. The molecule has 0 radical (unpaired) electrons. The second-order valence-corrected chi connectivity index (χ2v) is 10.00. The van der Waals surface area contributed by atoms with Crippen molar-refractivity contribution in [2.45, 2.75) is 44.1 Å². The molecule has 1 amide bonds. The number of carbonyl (C=O) groups excluding carboxylic acids is 1. The number of ether oxygens (including phenoxy) is 2. The molecular weight excluding hydrogens is 418 g/mol. The molecule has 1 aliphatic rings. The summed E-state index contributed by atoms with van der Waals surface area (Å²) in [6.45, 7) is 7.34. The highest BCUT2D eigenvalue weighted by atomic mass is 32.2. The van der Waals surface area contributed by atoms with Crippen LogP contribution in [0.25, 0.3) is 0 Å². The van der Waals surface area contributed by atoms with Crippen LogP contribution in [0.4, 0.5) is 0 Å². The Labute approximate surface area is 183 Å². The van der Waals surface area contributed by atoms with Crippen LogP contribution >= 0.6 is 0 Å². The number of hydrogen-bond donors (Lipinski definition) is 0. The Morgan fingerprint density at radius 2 is 2.00 bits per heavy atom. The fourth-order valence-corrected chi connectivity index (χ4v) is 4.50. The Morgan fingerprint density at radius 3 is 2.71 bits per heavy atom. The highest BCUT2D eigenvalue weighted by Crippen LogP contribution is 2.17. The third-order valence-electron chi connectivity index (χ3n) is 4.96. The van der Waals surface area contributed by atoms with Crippen molar-refractivity contribution in [3.05, 3.63) is 47.9 Å². The molecule has 9 heteroatoms. The van der Waals surface area contributed by atoms with E-state index in [4.69, 9.17) is 9.47 Å². The highest BCUT2D eigenvalue weighted by Gasteiger charge is 2.26. The second kappa shape index (κ2) is 10.2. The topological polar surface area (TPSA) is 98.7 Å². The first-order valence-corrected chi connectivity index (χ1v) is 12.1. The van der Waals surface area contributed by atoms with Crippen molar-refractivity contribution in [3.8, 4) is 5.88 Å². The van der Waals surface area contributed by atoms with Crippen molar-refractivity contribution in [3.63, 3.8) is 0 Å². The van der Waals surface area contributed by atoms with E-state index in [0.29, 0.717) is 25.6 Å². The lowest BCUT2D eigenvalue weighted by Gasteiger charge is -2.32. The van der Waals surface area contributed by atoms with Crippen molar-refractivity contribution >= 4 is 15.7 Å². The van der Waals surface area contributed by atoms with E-state index in [-0.39, 0.29) is 41.6 Å². The number of hydrogen-bond acceptors (Lipinski definition) is 7. The molecule has 1 aliphatic heterocycles. The quantitative estimate of drug-likeness (QED) is 0.613. The molecule has 168 valence electrons. The van der Waals surface area contributed by atoms with E-state index in [2.05, 4.69) is 9.97 Å². The lowest BCUT2D eigenvalue weighted by atomic mass is 10.2. The molecule has 0 aliphatic carbocycles. The van der Waals surface area contributed by atoms with E-state index in [1.54, 1.807) is 41.3 Å². The zero-order valence-electron chi connectivity index (χ0n) is 18.2. The van der Waals surface area contributed by atoms with E-state index in [1.807, 2.05) is 20.8 Å². The molecule has 0 spiro atoms. The summed E-state index contributed by atoms with van der Waals surface area (Å²) in [5.74, 6) is 0.974. The van der Waals surface area contributed by atoms with Gasteiger partial charge in [-0.25, -0.2) is 13.4 Å². The number of aryl methyl sites for hydroxylation is 1. The van der Waals surface area contributed by atoms with Crippen molar-refractivity contribution in [2.75, 3.05) is 32.1 Å². The fraction of sp³-hybridized carbons (Fsp3) is 0.500. The number of nitrogens with zero attached hydrogens (tertiary/aromatic N) is 3. The maximum Gasteiger partial charge on any atom is 0.223 e. The Bertz CT molecular complexity index is 995. The van der Waals surface area contributed by atoms with E-state index in [0.717, 1.165) is 11.5 Å². The van der Waals surface area contributed by atoms with Gasteiger partial charge in [0.25, 0.3) is 0 Å². The van der Waals surface area contributed by atoms with Crippen LogP contribution < -0.4 is 4.74 Å². The Balaban J connectivity index is 1.53. The van der Waals surface area contributed by atoms with Crippen LogP contribution in [0.15, 0.2) is 41.3 Å². The normalized spacial score (nSPS) is 17.0. The van der Waals surface area contributed by atoms with Gasteiger partial charge in [-0.1, -0.05) is 32.0 Å². The molecule has 3 rings (SSSR count). The summed E-state index contributed by atoms with van der Waals surface area (Å²) in [4.78, 5) is 23.3. The highest BCUT2D eigenvalue weighted by molar-refractivity contribution is 7.91. The summed E-state index contributed by atoms with van der Waals surface area (Å²) in [7, 11) is -3.49. The molecule has 1 saturated heterocycles. The first-order valence-electron chi connectivity index (χ1n) is 10.4. The third-order valence-corrected chi connectivity index (χ3v) is 6.69. The van der Waals surface area contributed by atoms with Crippen LogP contribution in [0.2, 0.25) is 0 Å². The Hall–Kier alpha value is -2.52. The molecule has 2 heterocycles. The Morgan fingerprint density at radius 1 is 1.26 bits per heavy atom. The molecule has 1 unspecified atom stereocenters. The predicted octanol–water partition coefficient (Wildman–Crippen LogP) is 2.38. The largest absolute Gasteiger partial charge is 0.475 e. The maximum absolute atomic E-state index is 12.6. The minimum absolute atomic E-state index is 0.0618. The number of sulfone groups is 1. The van der Waals surface area contributed by atoms with E-state index in [1.165, 1.54) is 0 Å². The molecule has 1 fully saturated rings. The number of aromatic nitrogens is 2. The van der Waals surface area contributed by atoms with Gasteiger partial charge < -0.3 is 14.4 Å². The number of morpholine rings is 1. The van der Waals surface area contributed by atoms with Gasteiger partial charge in [-0.3, -0.25) is 4.79 Å². The lowest BCUT2D eigenvalue weighted by Crippen LogP contribution is -2.48. The number of carbonyl (C=O) groups is 1. The van der Waals surface area contributed by atoms with Crippen molar-refractivity contribution in [1.82, 2.24) is 14.9 Å². The Kier molecular flexibility index (Phi) is 7.61. The summed E-state index contributed by atoms with van der Waals surface area (Å²) in [6.07, 6.45) is -0.366. The van der Waals surface area contributed by atoms with Gasteiger partial charge in [0, 0.05) is 30.6 Å². The van der Waals surface area contributed by atoms with E-state index < -0.39 is 9.84 Å². The van der Waals surface area contributed by atoms with E-state index >= 15 is 0 Å². The number of rotatable bonds is 8. The average molecular weight is 448 g/mol. The molecule has 2 aromatic rings. The van der Waals surface area contributed by atoms with Crippen LogP contribution in [0, 0.1) is 6.92 Å². The molecule has 31 heavy (non-hydrogen) atoms. The standard InChI is InChI=1S/C22H29N3O5S/c1-16(2)22-23-17(3)13-20(24-22)30-15-18-14-25(10-11-29-18)21(26)9-12-31(27,28)19-7-5-4-6-8-19/h4-8,13,16,18H,9-12,14-15H2,1-3H3. The molecule has 1 aromatic carbocycles. The minimum Gasteiger partial charge on any atom is -0.475 e. The zero-order valence-corrected chi connectivity index (χ0v) is 19.0. The molecule has 0 saturated carbocycles. The molecule has 8 nitrogen and oxygen atoms in total. The summed E-state index contributed by atoms with van der Waals surface area (Å²) in [5, 5.41) is 0. The van der Waals surface area contributed by atoms with Crippen LogP contribution in [0.3, 0.4) is 0 Å². The minimum atomic E-state index is -3.49. The molecule has 0 bridgehead atoms. The van der Waals surface area contributed by atoms with Crippen molar-refractivity contribution in [2.24, 2.45) is 0 Å². The maximum atomic E-state index is 12.6. The molecule has 1 aromatic heterocycles. The van der Waals surface area contributed by atoms with Gasteiger partial charge >= 0.3 is 0 Å². The second-order valence-electron chi connectivity index (χ2n) is 7.89. The van der Waals surface area contributed by atoms with Gasteiger partial charge in [0.15, 0.2) is 9.84 Å². The lowest BCUT2D eigenvalue weighted by molar-refractivity contribution is -0.139. The van der Waals surface area contributed by atoms with Gasteiger partial charge in [0.1, 0.15) is 18.5 Å². The summed E-state index contributed by atoms with van der Waals surface area (Å²) >= 11 is 0. The number of benzene rings is 1. The smallest absolute Gasteiger partial charge is 0.223 e. The first-order chi connectivity index (χ1) is 14.7. The summed E-state index contributed by atoms with van der Waals surface area (Å²) in [6, 6.07) is 9.95. The van der Waals surface area contributed by atoms with Crippen molar-refractivity contribution < 1.29 is 22.7 Å². The van der Waals surface area contributed by atoms with Gasteiger partial charge in [-0.05, 0) is 19.1 Å². The van der Waals surface area contributed by atoms with Gasteiger partial charge in [0.2, 0.25) is 11.8 Å². The summed E-state index contributed by atoms with van der Waals surface area (Å²) < 4.78 is 36.4. The van der Waals surface area contributed by atoms with Crippen LogP contribution in [-0.2, 0) is 19.4 Å². The molecule has 0 N–H and O–H groups in total. The predicted molar refractivity (Wildman–Crippen MR) is 116 cm³/mol.